The number of halogens is 3. The van der Waals surface area contributed by atoms with Gasteiger partial charge in [0.05, 0.1) is 11.6 Å². The van der Waals surface area contributed by atoms with Crippen LogP contribution in [0.2, 0.25) is 0 Å². The van der Waals surface area contributed by atoms with Crippen LogP contribution in [0.3, 0.4) is 0 Å². The summed E-state index contributed by atoms with van der Waals surface area (Å²) in [6.45, 7) is 0. The molecule has 130 valence electrons. The van der Waals surface area contributed by atoms with Crippen molar-refractivity contribution in [3.63, 3.8) is 0 Å². The lowest BCUT2D eigenvalue weighted by Crippen LogP contribution is -2.08. The van der Waals surface area contributed by atoms with Crippen LogP contribution in [0.1, 0.15) is 16.8 Å². The van der Waals surface area contributed by atoms with Crippen LogP contribution in [-0.4, -0.2) is 9.97 Å². The summed E-state index contributed by atoms with van der Waals surface area (Å²) in [4.78, 5) is 7.41. The summed E-state index contributed by atoms with van der Waals surface area (Å²) in [5.41, 5.74) is 2.32. The molecule has 1 aromatic heterocycles. The number of alkyl halides is 3. The number of aromatic nitrogens is 2. The van der Waals surface area contributed by atoms with E-state index in [-0.39, 0.29) is 5.16 Å². The molecule has 3 aromatic rings. The normalized spacial score (nSPS) is 11.2. The minimum atomic E-state index is -4.48. The molecular weight excluding hydrogens is 359 g/mol. The predicted octanol–water partition coefficient (Wildman–Crippen LogP) is 5.33. The summed E-state index contributed by atoms with van der Waals surface area (Å²) in [5.74, 6) is 0.446. The lowest BCUT2D eigenvalue weighted by Gasteiger charge is -2.07. The Hall–Kier alpha value is -2.85. The van der Waals surface area contributed by atoms with Crippen LogP contribution >= 0.6 is 11.8 Å². The second kappa shape index (κ2) is 7.58. The highest BCUT2D eigenvalue weighted by Crippen LogP contribution is 2.29. The Labute approximate surface area is 152 Å². The second-order valence-corrected chi connectivity index (χ2v) is 6.31. The monoisotopic (exact) mass is 371 g/mol. The molecule has 26 heavy (non-hydrogen) atoms. The zero-order valence-electron chi connectivity index (χ0n) is 13.4. The minimum absolute atomic E-state index is 0.0822. The molecule has 0 fully saturated rings. The molecule has 0 bridgehead atoms. The third-order valence-electron chi connectivity index (χ3n) is 3.60. The molecule has 0 aliphatic heterocycles. The first-order valence-electron chi connectivity index (χ1n) is 7.59. The van der Waals surface area contributed by atoms with Crippen molar-refractivity contribution < 1.29 is 13.2 Å². The molecule has 0 spiro atoms. The van der Waals surface area contributed by atoms with Gasteiger partial charge < -0.3 is 0 Å². The zero-order chi connectivity index (χ0) is 18.6. The molecule has 3 nitrogen and oxygen atoms in total. The average Bonchev–Trinajstić information content (AvgIpc) is 2.66. The van der Waals surface area contributed by atoms with E-state index in [2.05, 4.69) is 16.0 Å². The number of benzene rings is 2. The van der Waals surface area contributed by atoms with Gasteiger partial charge in [-0.3, -0.25) is 0 Å². The number of nitriles is 1. The highest BCUT2D eigenvalue weighted by atomic mass is 32.2. The third-order valence-corrected chi connectivity index (χ3v) is 4.54. The van der Waals surface area contributed by atoms with E-state index in [9.17, 15) is 18.4 Å². The van der Waals surface area contributed by atoms with Gasteiger partial charge in [0.15, 0.2) is 5.16 Å². The van der Waals surface area contributed by atoms with Crippen LogP contribution in [0.25, 0.3) is 11.1 Å². The molecule has 0 unspecified atom stereocenters. The van der Waals surface area contributed by atoms with E-state index in [4.69, 9.17) is 0 Å². The lowest BCUT2D eigenvalue weighted by molar-refractivity contribution is -0.141. The molecule has 0 saturated carbocycles. The van der Waals surface area contributed by atoms with Crippen LogP contribution in [0.15, 0.2) is 66.0 Å². The van der Waals surface area contributed by atoms with E-state index in [1.54, 1.807) is 6.07 Å². The van der Waals surface area contributed by atoms with Gasteiger partial charge in [0.1, 0.15) is 5.69 Å². The largest absolute Gasteiger partial charge is 0.433 e. The van der Waals surface area contributed by atoms with Gasteiger partial charge in [-0.15, -0.1) is 0 Å². The van der Waals surface area contributed by atoms with Crippen molar-refractivity contribution in [2.24, 2.45) is 0 Å². The Morgan fingerprint density at radius 1 is 1.00 bits per heavy atom. The Morgan fingerprint density at radius 3 is 2.42 bits per heavy atom. The van der Waals surface area contributed by atoms with Gasteiger partial charge in [0, 0.05) is 11.9 Å². The van der Waals surface area contributed by atoms with Crippen molar-refractivity contribution in [3.05, 3.63) is 77.6 Å². The van der Waals surface area contributed by atoms with Crippen molar-refractivity contribution in [2.75, 3.05) is 0 Å². The van der Waals surface area contributed by atoms with Crippen LogP contribution in [0.5, 0.6) is 0 Å². The van der Waals surface area contributed by atoms with Crippen molar-refractivity contribution in [1.82, 2.24) is 9.97 Å². The van der Waals surface area contributed by atoms with E-state index >= 15 is 0 Å². The maximum atomic E-state index is 12.7. The first-order chi connectivity index (χ1) is 12.5. The maximum absolute atomic E-state index is 12.7. The average molecular weight is 371 g/mol. The molecule has 2 aromatic carbocycles. The lowest BCUT2D eigenvalue weighted by atomic mass is 10.00. The summed E-state index contributed by atoms with van der Waals surface area (Å²) in [7, 11) is 0. The number of rotatable bonds is 4. The number of hydrogen-bond donors (Lipinski definition) is 0. The molecular formula is C19H12F3N3S. The quantitative estimate of drug-likeness (QED) is 0.460. The Bertz CT molecular complexity index is 947. The topological polar surface area (TPSA) is 49.6 Å². The molecule has 0 aliphatic carbocycles. The number of thioether (sulfide) groups is 1. The molecule has 1 heterocycles. The summed E-state index contributed by atoms with van der Waals surface area (Å²) in [5, 5.41) is 9.26. The predicted molar refractivity (Wildman–Crippen MR) is 93.2 cm³/mol. The molecule has 0 amide bonds. The minimum Gasteiger partial charge on any atom is -0.231 e. The molecule has 0 atom stereocenters. The van der Waals surface area contributed by atoms with Gasteiger partial charge in [0.25, 0.3) is 0 Å². The fourth-order valence-corrected chi connectivity index (χ4v) is 3.12. The van der Waals surface area contributed by atoms with E-state index in [1.807, 2.05) is 42.5 Å². The molecule has 3 rings (SSSR count). The third kappa shape index (κ3) is 4.21. The highest BCUT2D eigenvalue weighted by Gasteiger charge is 2.32. The van der Waals surface area contributed by atoms with Gasteiger partial charge in [-0.25, -0.2) is 9.97 Å². The van der Waals surface area contributed by atoms with Crippen molar-refractivity contribution in [1.29, 1.82) is 5.26 Å². The van der Waals surface area contributed by atoms with Gasteiger partial charge in [-0.05, 0) is 28.8 Å². The van der Waals surface area contributed by atoms with E-state index < -0.39 is 11.9 Å². The van der Waals surface area contributed by atoms with Crippen molar-refractivity contribution >= 4 is 11.8 Å². The standard InChI is InChI=1S/C19H12F3N3S/c20-19(21,22)17-9-10-24-18(25-17)26-12-13-5-7-14(8-6-13)16-4-2-1-3-15(16)11-23/h1-10H,12H2. The summed E-state index contributed by atoms with van der Waals surface area (Å²) in [6, 6.07) is 17.8. The summed E-state index contributed by atoms with van der Waals surface area (Å²) < 4.78 is 38.0. The van der Waals surface area contributed by atoms with Gasteiger partial charge in [-0.1, -0.05) is 54.2 Å². The summed E-state index contributed by atoms with van der Waals surface area (Å²) in [6.07, 6.45) is -3.37. The molecule has 0 aliphatic rings. The zero-order valence-corrected chi connectivity index (χ0v) is 14.2. The van der Waals surface area contributed by atoms with Crippen molar-refractivity contribution in [3.8, 4) is 17.2 Å². The maximum Gasteiger partial charge on any atom is 0.433 e. The van der Waals surface area contributed by atoms with Gasteiger partial charge in [-0.2, -0.15) is 18.4 Å². The fourth-order valence-electron chi connectivity index (χ4n) is 2.33. The summed E-state index contributed by atoms with van der Waals surface area (Å²) >= 11 is 1.14. The first-order valence-corrected chi connectivity index (χ1v) is 8.57. The van der Waals surface area contributed by atoms with Gasteiger partial charge >= 0.3 is 6.18 Å². The number of nitrogens with zero attached hydrogens (tertiary/aromatic N) is 3. The Kier molecular flexibility index (Phi) is 5.24. The smallest absolute Gasteiger partial charge is 0.231 e. The van der Waals surface area contributed by atoms with E-state index in [0.29, 0.717) is 11.3 Å². The highest BCUT2D eigenvalue weighted by molar-refractivity contribution is 7.98. The molecule has 0 radical (unpaired) electrons. The first kappa shape index (κ1) is 18.0. The molecule has 0 saturated heterocycles. The van der Waals surface area contributed by atoms with Crippen LogP contribution in [0, 0.1) is 11.3 Å². The SMILES string of the molecule is N#Cc1ccccc1-c1ccc(CSc2nccc(C(F)(F)F)n2)cc1. The molecule has 0 N–H and O–H groups in total. The van der Waals surface area contributed by atoms with Crippen molar-refractivity contribution in [2.45, 2.75) is 17.1 Å². The van der Waals surface area contributed by atoms with Crippen LogP contribution in [-0.2, 0) is 11.9 Å². The molecule has 7 heteroatoms. The fraction of sp³-hybridized carbons (Fsp3) is 0.105. The Morgan fingerprint density at radius 2 is 1.73 bits per heavy atom. The van der Waals surface area contributed by atoms with Crippen LogP contribution in [0.4, 0.5) is 13.2 Å². The van der Waals surface area contributed by atoms with E-state index in [1.165, 1.54) is 0 Å². The van der Waals surface area contributed by atoms with Gasteiger partial charge in [0.2, 0.25) is 0 Å². The van der Waals surface area contributed by atoms with Crippen LogP contribution < -0.4 is 0 Å². The number of hydrogen-bond acceptors (Lipinski definition) is 4. The van der Waals surface area contributed by atoms with E-state index in [0.717, 1.165) is 40.7 Å². The Balaban J connectivity index is 1.72. The second-order valence-electron chi connectivity index (χ2n) is 5.37.